The van der Waals surface area contributed by atoms with Crippen molar-refractivity contribution < 1.29 is 9.90 Å². The van der Waals surface area contributed by atoms with Crippen LogP contribution < -0.4 is 0 Å². The van der Waals surface area contributed by atoms with Crippen LogP contribution in [0, 0.1) is 13.8 Å². The van der Waals surface area contributed by atoms with Crippen LogP contribution in [0.3, 0.4) is 0 Å². The minimum atomic E-state index is -0.966. The Bertz CT molecular complexity index is 1120. The van der Waals surface area contributed by atoms with E-state index in [9.17, 15) is 9.90 Å². The maximum Gasteiger partial charge on any atom is 0.335 e. The molecular formula is C27H27NO2. The summed E-state index contributed by atoms with van der Waals surface area (Å²) in [6.07, 6.45) is 7.51. The van der Waals surface area contributed by atoms with Gasteiger partial charge in [-0.3, -0.25) is 0 Å². The van der Waals surface area contributed by atoms with Gasteiger partial charge in [-0.05, 0) is 66.3 Å². The molecule has 0 atom stereocenters. The van der Waals surface area contributed by atoms with Crippen LogP contribution in [0.15, 0.2) is 97.0 Å². The molecule has 30 heavy (non-hydrogen) atoms. The molecule has 3 heteroatoms. The van der Waals surface area contributed by atoms with Gasteiger partial charge >= 0.3 is 5.97 Å². The van der Waals surface area contributed by atoms with E-state index in [1.165, 1.54) is 22.3 Å². The zero-order valence-electron chi connectivity index (χ0n) is 17.8. The van der Waals surface area contributed by atoms with Gasteiger partial charge in [0.15, 0.2) is 0 Å². The fourth-order valence-corrected chi connectivity index (χ4v) is 3.89. The number of aryl methyl sites for hydroxylation is 2. The Morgan fingerprint density at radius 2 is 1.87 bits per heavy atom. The second kappa shape index (κ2) is 8.83. The third-order valence-corrected chi connectivity index (χ3v) is 5.32. The molecule has 0 aliphatic carbocycles. The molecule has 0 amide bonds. The normalized spacial score (nSPS) is 14.3. The van der Waals surface area contributed by atoms with Crippen LogP contribution in [-0.2, 0) is 4.79 Å². The number of allylic oxidation sites excluding steroid dienone is 3. The third-order valence-electron chi connectivity index (χ3n) is 5.32. The number of hydrogen-bond acceptors (Lipinski definition) is 2. The van der Waals surface area contributed by atoms with Crippen molar-refractivity contribution in [3.05, 3.63) is 114 Å². The van der Waals surface area contributed by atoms with Crippen molar-refractivity contribution in [2.75, 3.05) is 0 Å². The summed E-state index contributed by atoms with van der Waals surface area (Å²) in [7, 11) is 0. The molecule has 0 fully saturated rings. The summed E-state index contributed by atoms with van der Waals surface area (Å²) in [6, 6.07) is 14.9. The summed E-state index contributed by atoms with van der Waals surface area (Å²) in [6.45, 7) is 14.5. The first-order chi connectivity index (χ1) is 14.4. The predicted molar refractivity (Wildman–Crippen MR) is 125 cm³/mol. The fraction of sp³-hybridized carbons (Fsp3) is 0.148. The number of benzene rings is 2. The molecule has 0 radical (unpaired) electrons. The number of aliphatic carboxylic acids is 1. The minimum Gasteiger partial charge on any atom is -0.478 e. The zero-order chi connectivity index (χ0) is 21.8. The first kappa shape index (κ1) is 21.1. The van der Waals surface area contributed by atoms with Gasteiger partial charge in [-0.2, -0.15) is 0 Å². The van der Waals surface area contributed by atoms with E-state index in [0.717, 1.165) is 23.3 Å². The van der Waals surface area contributed by atoms with Crippen LogP contribution in [-0.4, -0.2) is 16.0 Å². The molecule has 0 aromatic heterocycles. The largest absolute Gasteiger partial charge is 0.478 e. The Morgan fingerprint density at radius 1 is 1.13 bits per heavy atom. The molecule has 0 spiro atoms. The molecule has 3 rings (SSSR count). The van der Waals surface area contributed by atoms with Crippen molar-refractivity contribution in [1.29, 1.82) is 0 Å². The Balaban J connectivity index is 2.17. The smallest absolute Gasteiger partial charge is 0.335 e. The molecule has 1 aliphatic heterocycles. The molecule has 3 nitrogen and oxygen atoms in total. The van der Waals surface area contributed by atoms with Gasteiger partial charge in [-0.15, -0.1) is 0 Å². The Morgan fingerprint density at radius 3 is 2.47 bits per heavy atom. The number of carboxylic acids is 1. The molecule has 1 aliphatic rings. The maximum atomic E-state index is 11.3. The highest BCUT2D eigenvalue weighted by Crippen LogP contribution is 2.36. The molecular weight excluding hydrogens is 370 g/mol. The average Bonchev–Trinajstić information content (AvgIpc) is 2.72. The van der Waals surface area contributed by atoms with Crippen molar-refractivity contribution in [3.63, 3.8) is 0 Å². The van der Waals surface area contributed by atoms with Crippen molar-refractivity contribution in [2.45, 2.75) is 27.2 Å². The quantitative estimate of drug-likeness (QED) is 0.556. The highest BCUT2D eigenvalue weighted by molar-refractivity contribution is 5.91. The van der Waals surface area contributed by atoms with Crippen LogP contribution in [0.5, 0.6) is 0 Å². The number of rotatable bonds is 6. The lowest BCUT2D eigenvalue weighted by molar-refractivity contribution is -0.132. The van der Waals surface area contributed by atoms with E-state index in [2.05, 4.69) is 70.3 Å². The summed E-state index contributed by atoms with van der Waals surface area (Å²) in [5.41, 5.74) is 8.81. The third kappa shape index (κ3) is 4.06. The number of hydrogen-bond donors (Lipinski definition) is 1. The van der Waals surface area contributed by atoms with E-state index in [1.54, 1.807) is 18.4 Å². The van der Waals surface area contributed by atoms with E-state index >= 15 is 0 Å². The highest BCUT2D eigenvalue weighted by Gasteiger charge is 2.20. The predicted octanol–water partition coefficient (Wildman–Crippen LogP) is 6.63. The molecule has 2 aromatic rings. The minimum absolute atomic E-state index is 0.216. The second-order valence-corrected chi connectivity index (χ2v) is 7.37. The molecule has 0 saturated heterocycles. The first-order valence-corrected chi connectivity index (χ1v) is 10.0. The van der Waals surface area contributed by atoms with Gasteiger partial charge in [0.2, 0.25) is 0 Å². The summed E-state index contributed by atoms with van der Waals surface area (Å²) < 4.78 is 0. The number of carboxylic acid groups (broad SMARTS) is 1. The zero-order valence-corrected chi connectivity index (χ0v) is 17.8. The van der Waals surface area contributed by atoms with E-state index in [-0.39, 0.29) is 5.57 Å². The van der Waals surface area contributed by atoms with E-state index in [1.807, 2.05) is 17.0 Å². The van der Waals surface area contributed by atoms with Crippen molar-refractivity contribution in [3.8, 4) is 11.1 Å². The van der Waals surface area contributed by atoms with E-state index in [4.69, 9.17) is 0 Å². The van der Waals surface area contributed by atoms with Gasteiger partial charge in [0.25, 0.3) is 0 Å². The van der Waals surface area contributed by atoms with Crippen molar-refractivity contribution >= 4 is 11.5 Å². The van der Waals surface area contributed by atoms with Gasteiger partial charge in [-0.25, -0.2) is 4.79 Å². The van der Waals surface area contributed by atoms with E-state index < -0.39 is 5.97 Å². The lowest BCUT2D eigenvalue weighted by atomic mass is 9.89. The topological polar surface area (TPSA) is 40.5 Å². The SMILES string of the molecule is C=C/C(=C(/CC)c1ccccc1-c1ccc(C)cc1C)N1C=CC(C(=O)O)=CC1=C. The molecule has 0 saturated carbocycles. The van der Waals surface area contributed by atoms with Gasteiger partial charge in [0.05, 0.1) is 5.57 Å². The maximum absolute atomic E-state index is 11.3. The fourth-order valence-electron chi connectivity index (χ4n) is 3.89. The van der Waals surface area contributed by atoms with Crippen molar-refractivity contribution in [2.24, 2.45) is 0 Å². The van der Waals surface area contributed by atoms with Gasteiger partial charge in [0.1, 0.15) is 0 Å². The van der Waals surface area contributed by atoms with Gasteiger partial charge in [-0.1, -0.05) is 68.1 Å². The lowest BCUT2D eigenvalue weighted by Gasteiger charge is -2.28. The number of carbonyl (C=O) groups is 1. The molecule has 152 valence electrons. The first-order valence-electron chi connectivity index (χ1n) is 10.0. The summed E-state index contributed by atoms with van der Waals surface area (Å²) >= 11 is 0. The molecule has 0 bridgehead atoms. The Labute approximate surface area is 178 Å². The molecule has 0 unspecified atom stereocenters. The Hall–Kier alpha value is -3.59. The van der Waals surface area contributed by atoms with Gasteiger partial charge < -0.3 is 10.0 Å². The van der Waals surface area contributed by atoms with Crippen LogP contribution >= 0.6 is 0 Å². The average molecular weight is 398 g/mol. The standard InChI is InChI=1S/C27H27NO2/c1-6-22(26(7-2)28-15-14-21(27(29)30)17-20(28)5)24-10-8-9-11-25(24)23-13-12-18(3)16-19(23)4/h7-17H,2,5-6H2,1,3-4H3,(H,29,30)/b26-22+. The Kier molecular flexibility index (Phi) is 6.22. The molecule has 1 N–H and O–H groups in total. The summed E-state index contributed by atoms with van der Waals surface area (Å²) in [5, 5.41) is 9.27. The van der Waals surface area contributed by atoms with Crippen LogP contribution in [0.4, 0.5) is 0 Å². The van der Waals surface area contributed by atoms with Crippen LogP contribution in [0.2, 0.25) is 0 Å². The van der Waals surface area contributed by atoms with Crippen molar-refractivity contribution in [1.82, 2.24) is 4.90 Å². The summed E-state index contributed by atoms with van der Waals surface area (Å²) in [5.74, 6) is -0.966. The second-order valence-electron chi connectivity index (χ2n) is 7.37. The van der Waals surface area contributed by atoms with Crippen LogP contribution in [0.1, 0.15) is 30.0 Å². The van der Waals surface area contributed by atoms with E-state index in [0.29, 0.717) is 5.70 Å². The monoisotopic (exact) mass is 397 g/mol. The number of nitrogens with zero attached hydrogens (tertiary/aromatic N) is 1. The van der Waals surface area contributed by atoms with Crippen LogP contribution in [0.25, 0.3) is 16.7 Å². The molecule has 1 heterocycles. The molecule has 2 aromatic carbocycles. The lowest BCUT2D eigenvalue weighted by Crippen LogP contribution is -2.19. The summed E-state index contributed by atoms with van der Waals surface area (Å²) in [4.78, 5) is 13.2. The van der Waals surface area contributed by atoms with Gasteiger partial charge in [0, 0.05) is 17.6 Å². The highest BCUT2D eigenvalue weighted by atomic mass is 16.4.